The number of carbonyl (C=O) groups is 2. The van der Waals surface area contributed by atoms with E-state index in [0.717, 1.165) is 36.6 Å². The second kappa shape index (κ2) is 13.7. The second-order valence-corrected chi connectivity index (χ2v) is 10.1. The van der Waals surface area contributed by atoms with Gasteiger partial charge in [0.25, 0.3) is 11.8 Å². The Labute approximate surface area is 244 Å². The number of halogens is 1. The summed E-state index contributed by atoms with van der Waals surface area (Å²) in [7, 11) is 0. The van der Waals surface area contributed by atoms with Crippen LogP contribution >= 0.6 is 0 Å². The first-order chi connectivity index (χ1) is 20.5. The Balaban J connectivity index is 1.17. The average molecular weight is 569 g/mol. The van der Waals surface area contributed by atoms with E-state index in [-0.39, 0.29) is 11.5 Å². The van der Waals surface area contributed by atoms with E-state index in [0.29, 0.717) is 35.1 Å². The Morgan fingerprint density at radius 3 is 2.43 bits per heavy atom. The van der Waals surface area contributed by atoms with Crippen LogP contribution in [0.1, 0.15) is 44.7 Å². The number of ether oxygens (including phenoxy) is 1. The van der Waals surface area contributed by atoms with Gasteiger partial charge in [0, 0.05) is 47.6 Å². The number of hydrogen-bond donors (Lipinski definition) is 3. The molecule has 3 N–H and O–H groups in total. The molecule has 4 aromatic rings. The molecule has 1 saturated heterocycles. The third-order valence-electron chi connectivity index (χ3n) is 6.97. The Morgan fingerprint density at radius 2 is 1.64 bits per heavy atom. The van der Waals surface area contributed by atoms with Crippen LogP contribution in [0.4, 0.5) is 27.4 Å². The largest absolute Gasteiger partial charge is 0.492 e. The first-order valence-corrected chi connectivity index (χ1v) is 13.9. The van der Waals surface area contributed by atoms with Crippen molar-refractivity contribution in [1.29, 1.82) is 0 Å². The standard InChI is InChI=1S/C32H33FN6O3/c1-22-10-11-27(36-30(40)24-7-4-6-23(16-24)19-33)18-29(22)38-31(41)25-20-34-32(35-21-25)37-26-8-5-9-28(17-26)42-15-14-39-12-2-3-13-39/h4-11,16-18,20-21H,2-3,12-15,19H2,1H3,(H,36,40)(H,38,41)(H,34,35,37). The maximum atomic E-state index is 13.0. The van der Waals surface area contributed by atoms with E-state index >= 15 is 0 Å². The number of amides is 2. The minimum Gasteiger partial charge on any atom is -0.492 e. The smallest absolute Gasteiger partial charge is 0.258 e. The molecule has 5 rings (SSSR count). The average Bonchev–Trinajstić information content (AvgIpc) is 3.53. The van der Waals surface area contributed by atoms with Crippen molar-refractivity contribution in [3.05, 3.63) is 101 Å². The summed E-state index contributed by atoms with van der Waals surface area (Å²) in [4.78, 5) is 36.6. The van der Waals surface area contributed by atoms with Crippen LogP contribution in [0.3, 0.4) is 0 Å². The van der Waals surface area contributed by atoms with Crippen LogP contribution in [0.25, 0.3) is 0 Å². The zero-order valence-corrected chi connectivity index (χ0v) is 23.4. The van der Waals surface area contributed by atoms with Crippen molar-refractivity contribution < 1.29 is 18.7 Å². The van der Waals surface area contributed by atoms with Crippen molar-refractivity contribution >= 4 is 34.8 Å². The van der Waals surface area contributed by atoms with Crippen molar-refractivity contribution in [2.75, 3.05) is 42.2 Å². The van der Waals surface area contributed by atoms with Gasteiger partial charge in [0.1, 0.15) is 19.0 Å². The van der Waals surface area contributed by atoms with Crippen LogP contribution in [-0.4, -0.2) is 52.9 Å². The number of alkyl halides is 1. The molecule has 42 heavy (non-hydrogen) atoms. The van der Waals surface area contributed by atoms with E-state index < -0.39 is 12.6 Å². The number of nitrogens with zero attached hydrogens (tertiary/aromatic N) is 3. The maximum Gasteiger partial charge on any atom is 0.258 e. The Hall–Kier alpha value is -4.83. The summed E-state index contributed by atoms with van der Waals surface area (Å²) < 4.78 is 18.9. The van der Waals surface area contributed by atoms with Gasteiger partial charge < -0.3 is 20.7 Å². The highest BCUT2D eigenvalue weighted by Gasteiger charge is 2.13. The first-order valence-electron chi connectivity index (χ1n) is 13.9. The molecule has 1 aliphatic rings. The van der Waals surface area contributed by atoms with Crippen LogP contribution in [0.15, 0.2) is 79.1 Å². The van der Waals surface area contributed by atoms with Gasteiger partial charge in [-0.25, -0.2) is 14.4 Å². The minimum atomic E-state index is -0.649. The predicted molar refractivity (Wildman–Crippen MR) is 161 cm³/mol. The fourth-order valence-electron chi connectivity index (χ4n) is 4.63. The van der Waals surface area contributed by atoms with E-state index in [4.69, 9.17) is 4.74 Å². The topological polar surface area (TPSA) is 108 Å². The fraction of sp³-hybridized carbons (Fsp3) is 0.250. The number of hydrogen-bond acceptors (Lipinski definition) is 7. The normalized spacial score (nSPS) is 13.0. The highest BCUT2D eigenvalue weighted by atomic mass is 19.1. The summed E-state index contributed by atoms with van der Waals surface area (Å²) in [5.41, 5.74) is 3.65. The molecule has 1 fully saturated rings. The quantitative estimate of drug-likeness (QED) is 0.204. The van der Waals surface area contributed by atoms with Crippen LogP contribution in [0.5, 0.6) is 5.75 Å². The van der Waals surface area contributed by atoms with E-state index in [1.807, 2.05) is 31.2 Å². The lowest BCUT2D eigenvalue weighted by molar-refractivity contribution is 0.101. The molecule has 0 bridgehead atoms. The SMILES string of the molecule is Cc1ccc(NC(=O)c2cccc(CF)c2)cc1NC(=O)c1cnc(Nc2cccc(OCCN3CCCC3)c2)nc1. The summed E-state index contributed by atoms with van der Waals surface area (Å²) in [5.74, 6) is 0.343. The zero-order valence-electron chi connectivity index (χ0n) is 23.4. The van der Waals surface area contributed by atoms with Gasteiger partial charge in [-0.2, -0.15) is 0 Å². The Bertz CT molecular complexity index is 1540. The Kier molecular flexibility index (Phi) is 9.35. The van der Waals surface area contributed by atoms with Gasteiger partial charge >= 0.3 is 0 Å². The van der Waals surface area contributed by atoms with Gasteiger partial charge in [0.2, 0.25) is 5.95 Å². The summed E-state index contributed by atoms with van der Waals surface area (Å²) in [5, 5.41) is 8.79. The van der Waals surface area contributed by atoms with Gasteiger partial charge in [-0.1, -0.05) is 24.3 Å². The van der Waals surface area contributed by atoms with E-state index in [2.05, 4.69) is 30.8 Å². The molecule has 10 heteroatoms. The van der Waals surface area contributed by atoms with Crippen molar-refractivity contribution in [1.82, 2.24) is 14.9 Å². The highest BCUT2D eigenvalue weighted by molar-refractivity contribution is 6.06. The van der Waals surface area contributed by atoms with Gasteiger partial charge in [-0.05, 0) is 80.4 Å². The molecule has 0 atom stereocenters. The molecule has 0 aliphatic carbocycles. The van der Waals surface area contributed by atoms with Crippen LogP contribution in [0, 0.1) is 6.92 Å². The third-order valence-corrected chi connectivity index (χ3v) is 6.97. The van der Waals surface area contributed by atoms with E-state index in [9.17, 15) is 14.0 Å². The molecule has 0 unspecified atom stereocenters. The lowest BCUT2D eigenvalue weighted by Gasteiger charge is -2.15. The lowest BCUT2D eigenvalue weighted by Crippen LogP contribution is -2.25. The number of anilines is 4. The summed E-state index contributed by atoms with van der Waals surface area (Å²) in [6, 6.07) is 19.2. The molecule has 0 saturated carbocycles. The number of nitrogens with one attached hydrogen (secondary N) is 3. The molecule has 0 radical (unpaired) electrons. The van der Waals surface area contributed by atoms with Crippen molar-refractivity contribution in [2.45, 2.75) is 26.4 Å². The van der Waals surface area contributed by atoms with Crippen LogP contribution < -0.4 is 20.7 Å². The highest BCUT2D eigenvalue weighted by Crippen LogP contribution is 2.23. The molecule has 3 aromatic carbocycles. The van der Waals surface area contributed by atoms with Gasteiger partial charge in [-0.15, -0.1) is 0 Å². The molecule has 216 valence electrons. The van der Waals surface area contributed by atoms with Crippen molar-refractivity contribution in [3.8, 4) is 5.75 Å². The number of benzene rings is 3. The van der Waals surface area contributed by atoms with Crippen LogP contribution in [-0.2, 0) is 6.67 Å². The van der Waals surface area contributed by atoms with E-state index in [1.54, 1.807) is 36.4 Å². The van der Waals surface area contributed by atoms with Crippen molar-refractivity contribution in [3.63, 3.8) is 0 Å². The summed E-state index contributed by atoms with van der Waals surface area (Å²) >= 11 is 0. The van der Waals surface area contributed by atoms with Gasteiger partial charge in [0.05, 0.1) is 5.56 Å². The first kappa shape index (κ1) is 28.7. The van der Waals surface area contributed by atoms with Gasteiger partial charge in [0.15, 0.2) is 0 Å². The Morgan fingerprint density at radius 1 is 0.881 bits per heavy atom. The predicted octanol–water partition coefficient (Wildman–Crippen LogP) is 5.98. The molecular formula is C32H33FN6O3. The number of aryl methyl sites for hydroxylation is 1. The molecule has 2 heterocycles. The van der Waals surface area contributed by atoms with Crippen LogP contribution in [0.2, 0.25) is 0 Å². The molecular weight excluding hydrogens is 535 g/mol. The maximum absolute atomic E-state index is 13.0. The van der Waals surface area contributed by atoms with E-state index in [1.165, 1.54) is 31.3 Å². The molecule has 0 spiro atoms. The van der Waals surface area contributed by atoms with Crippen molar-refractivity contribution in [2.24, 2.45) is 0 Å². The number of carbonyl (C=O) groups excluding carboxylic acids is 2. The second-order valence-electron chi connectivity index (χ2n) is 10.1. The lowest BCUT2D eigenvalue weighted by atomic mass is 10.1. The molecule has 1 aliphatic heterocycles. The number of rotatable bonds is 11. The fourth-order valence-corrected chi connectivity index (χ4v) is 4.63. The number of likely N-dealkylation sites (tertiary alicyclic amines) is 1. The minimum absolute atomic E-state index is 0.274. The molecule has 9 nitrogen and oxygen atoms in total. The zero-order chi connectivity index (χ0) is 29.3. The summed E-state index contributed by atoms with van der Waals surface area (Å²) in [6.07, 6.45) is 5.40. The third kappa shape index (κ3) is 7.67. The molecule has 2 amide bonds. The number of aromatic nitrogens is 2. The van der Waals surface area contributed by atoms with Gasteiger partial charge in [-0.3, -0.25) is 14.5 Å². The molecule has 1 aromatic heterocycles. The summed E-state index contributed by atoms with van der Waals surface area (Å²) in [6.45, 7) is 5.02. The monoisotopic (exact) mass is 568 g/mol.